The van der Waals surface area contributed by atoms with E-state index in [0.29, 0.717) is 11.5 Å². The number of carbonyl (C=O) groups excluding carboxylic acids is 2. The fourth-order valence-electron chi connectivity index (χ4n) is 2.60. The number of benzene rings is 1. The summed E-state index contributed by atoms with van der Waals surface area (Å²) < 4.78 is 0. The number of H-pyrrole nitrogens is 1. The first-order valence-corrected chi connectivity index (χ1v) is 8.61. The van der Waals surface area contributed by atoms with Crippen molar-refractivity contribution in [2.45, 2.75) is 19.3 Å². The van der Waals surface area contributed by atoms with Gasteiger partial charge in [0.15, 0.2) is 0 Å². The average molecular weight is 350 g/mol. The Balaban J connectivity index is 0.000000339. The van der Waals surface area contributed by atoms with Crippen LogP contribution in [-0.4, -0.2) is 29.4 Å². The molecule has 0 radical (unpaired) electrons. The molecule has 6 heteroatoms. The Morgan fingerprint density at radius 2 is 2.19 bits per heavy atom. The van der Waals surface area contributed by atoms with Crippen LogP contribution in [-0.2, 0) is 4.79 Å². The molecule has 6 nitrogen and oxygen atoms in total. The van der Waals surface area contributed by atoms with Crippen molar-refractivity contribution in [1.29, 1.82) is 0 Å². The highest BCUT2D eigenvalue weighted by atomic mass is 16.1. The number of rotatable bonds is 4. The number of aromatic nitrogens is 2. The Bertz CT molecular complexity index is 917. The lowest BCUT2D eigenvalue weighted by Gasteiger charge is -2.04. The van der Waals surface area contributed by atoms with Crippen LogP contribution in [0.3, 0.4) is 0 Å². The van der Waals surface area contributed by atoms with Gasteiger partial charge in [0.2, 0.25) is 5.91 Å². The summed E-state index contributed by atoms with van der Waals surface area (Å²) in [5.74, 6) is 0.0141. The smallest absolute Gasteiger partial charge is 0.248 e. The minimum Gasteiger partial charge on any atom is -0.391 e. The Morgan fingerprint density at radius 3 is 2.81 bits per heavy atom. The fraction of sp³-hybridized carbons (Fsp3) is 0.250. The summed E-state index contributed by atoms with van der Waals surface area (Å²) in [5.41, 5.74) is 9.62. The predicted octanol–water partition coefficient (Wildman–Crippen LogP) is 2.70. The van der Waals surface area contributed by atoms with Gasteiger partial charge in [-0.15, -0.1) is 0 Å². The largest absolute Gasteiger partial charge is 0.391 e. The summed E-state index contributed by atoms with van der Waals surface area (Å²) in [4.78, 5) is 20.9. The van der Waals surface area contributed by atoms with E-state index in [1.54, 1.807) is 12.1 Å². The highest BCUT2D eigenvalue weighted by Gasteiger charge is 2.19. The first-order valence-electron chi connectivity index (χ1n) is 8.61. The summed E-state index contributed by atoms with van der Waals surface area (Å²) >= 11 is 0. The van der Waals surface area contributed by atoms with E-state index < -0.39 is 5.91 Å². The number of allylic oxidation sites excluding steroid dienone is 5. The molecule has 0 atom stereocenters. The maximum Gasteiger partial charge on any atom is 0.248 e. The van der Waals surface area contributed by atoms with Crippen LogP contribution in [0.4, 0.5) is 0 Å². The molecule has 1 amide bonds. The first kappa shape index (κ1) is 17.7. The quantitative estimate of drug-likeness (QED) is 0.738. The number of amides is 1. The summed E-state index contributed by atoms with van der Waals surface area (Å²) in [6.07, 6.45) is 12.3. The molecule has 0 spiro atoms. The maximum absolute atomic E-state index is 11.4. The molecule has 134 valence electrons. The van der Waals surface area contributed by atoms with Crippen LogP contribution in [0.15, 0.2) is 48.2 Å². The van der Waals surface area contributed by atoms with Crippen LogP contribution < -0.4 is 11.1 Å². The summed E-state index contributed by atoms with van der Waals surface area (Å²) in [7, 11) is 1.90. The Kier molecular flexibility index (Phi) is 5.31. The van der Waals surface area contributed by atoms with Gasteiger partial charge in [0.05, 0.1) is 11.2 Å². The van der Waals surface area contributed by atoms with E-state index in [1.807, 2.05) is 25.3 Å². The fourth-order valence-corrected chi connectivity index (χ4v) is 2.60. The van der Waals surface area contributed by atoms with E-state index >= 15 is 0 Å². The second-order valence-corrected chi connectivity index (χ2v) is 6.34. The van der Waals surface area contributed by atoms with Crippen molar-refractivity contribution in [2.75, 3.05) is 7.05 Å². The molecule has 1 heterocycles. The number of nitrogens with two attached hydrogens (primary N) is 1. The van der Waals surface area contributed by atoms with Crippen molar-refractivity contribution in [3.05, 3.63) is 59.5 Å². The van der Waals surface area contributed by atoms with Gasteiger partial charge in [-0.05, 0) is 37.1 Å². The van der Waals surface area contributed by atoms with Crippen molar-refractivity contribution >= 4 is 28.7 Å². The van der Waals surface area contributed by atoms with Gasteiger partial charge in [-0.3, -0.25) is 9.89 Å². The maximum atomic E-state index is 11.4. The third-order valence-electron chi connectivity index (χ3n) is 4.34. The second kappa shape index (κ2) is 7.82. The molecule has 0 saturated heterocycles. The minimum absolute atomic E-state index is 0.440. The number of primary amides is 1. The van der Waals surface area contributed by atoms with E-state index in [0.717, 1.165) is 53.4 Å². The average Bonchev–Trinajstić information content (AvgIpc) is 3.44. The van der Waals surface area contributed by atoms with Crippen LogP contribution in [0.1, 0.15) is 35.3 Å². The normalized spacial score (nSPS) is 16.0. The highest BCUT2D eigenvalue weighted by molar-refractivity contribution is 6.00. The van der Waals surface area contributed by atoms with Crippen LogP contribution >= 0.6 is 0 Å². The van der Waals surface area contributed by atoms with Crippen molar-refractivity contribution in [2.24, 2.45) is 11.7 Å². The number of fused-ring (bicyclic) bond motifs is 1. The summed E-state index contributed by atoms with van der Waals surface area (Å²) in [6, 6.07) is 5.30. The zero-order valence-corrected chi connectivity index (χ0v) is 14.7. The number of carbonyl (C=O) groups is 2. The van der Waals surface area contributed by atoms with Gasteiger partial charge in [-0.25, -0.2) is 0 Å². The molecule has 1 saturated carbocycles. The van der Waals surface area contributed by atoms with E-state index in [9.17, 15) is 9.59 Å². The molecule has 4 N–H and O–H groups in total. The third-order valence-corrected chi connectivity index (χ3v) is 4.34. The van der Waals surface area contributed by atoms with Gasteiger partial charge in [0.1, 0.15) is 6.29 Å². The molecule has 4 rings (SSSR count). The molecule has 1 aromatic heterocycles. The van der Waals surface area contributed by atoms with Crippen LogP contribution in [0.2, 0.25) is 0 Å². The van der Waals surface area contributed by atoms with Gasteiger partial charge in [0, 0.05) is 41.6 Å². The number of aldehydes is 1. The van der Waals surface area contributed by atoms with Gasteiger partial charge in [-0.1, -0.05) is 18.2 Å². The van der Waals surface area contributed by atoms with E-state index in [2.05, 4.69) is 27.7 Å². The molecule has 0 unspecified atom stereocenters. The zero-order chi connectivity index (χ0) is 18.5. The lowest BCUT2D eigenvalue weighted by Crippen LogP contribution is -2.10. The number of aromatic amines is 1. The number of hydrogen-bond donors (Lipinski definition) is 3. The van der Waals surface area contributed by atoms with Gasteiger partial charge < -0.3 is 15.8 Å². The highest BCUT2D eigenvalue weighted by Crippen LogP contribution is 2.27. The molecule has 1 fully saturated rings. The second-order valence-electron chi connectivity index (χ2n) is 6.34. The van der Waals surface area contributed by atoms with Crippen molar-refractivity contribution in [3.8, 4) is 0 Å². The predicted molar refractivity (Wildman–Crippen MR) is 102 cm³/mol. The lowest BCUT2D eigenvalue weighted by molar-refractivity contribution is -0.108. The van der Waals surface area contributed by atoms with Crippen LogP contribution in [0, 0.1) is 5.92 Å². The Hall–Kier alpha value is -3.15. The third kappa shape index (κ3) is 4.08. The van der Waals surface area contributed by atoms with Gasteiger partial charge in [-0.2, -0.15) is 5.10 Å². The summed E-state index contributed by atoms with van der Waals surface area (Å²) in [6.45, 7) is 0. The molecular weight excluding hydrogens is 328 g/mol. The summed E-state index contributed by atoms with van der Waals surface area (Å²) in [5, 5.41) is 11.4. The van der Waals surface area contributed by atoms with Crippen LogP contribution in [0.25, 0.3) is 16.5 Å². The topological polar surface area (TPSA) is 101 Å². The molecule has 2 aliphatic rings. The first-order chi connectivity index (χ1) is 12.6. The SMILES string of the molecule is CNC1=CC(c2n[nH]c3ccc(C(N)=O)cc23)=CC=CC1.O=CC1CC1. The van der Waals surface area contributed by atoms with Crippen molar-refractivity contribution in [1.82, 2.24) is 15.5 Å². The minimum atomic E-state index is -0.440. The monoisotopic (exact) mass is 350 g/mol. The molecular formula is C20H22N4O2. The molecule has 2 aliphatic carbocycles. The van der Waals surface area contributed by atoms with E-state index in [1.165, 1.54) is 0 Å². The van der Waals surface area contributed by atoms with Gasteiger partial charge >= 0.3 is 0 Å². The molecule has 2 aromatic rings. The standard InChI is InChI=1S/C16H16N4O.C4H6O/c1-18-12-5-3-2-4-10(8-12)15-13-9-11(16(17)21)6-7-14(13)19-20-15;5-3-4-1-2-4/h2-4,6-9,18H,5H2,1H3,(H2,17,21)(H,19,20);3-4H,1-2H2. The molecule has 0 bridgehead atoms. The lowest BCUT2D eigenvalue weighted by atomic mass is 10.0. The molecule has 0 aliphatic heterocycles. The van der Waals surface area contributed by atoms with E-state index in [4.69, 9.17) is 5.73 Å². The number of nitrogens with one attached hydrogen (secondary N) is 2. The Morgan fingerprint density at radius 1 is 1.38 bits per heavy atom. The number of hydrogen-bond acceptors (Lipinski definition) is 4. The van der Waals surface area contributed by atoms with Crippen LogP contribution in [0.5, 0.6) is 0 Å². The molecule has 1 aromatic carbocycles. The van der Waals surface area contributed by atoms with Crippen molar-refractivity contribution < 1.29 is 9.59 Å². The van der Waals surface area contributed by atoms with Crippen molar-refractivity contribution in [3.63, 3.8) is 0 Å². The molecule has 26 heavy (non-hydrogen) atoms. The Labute approximate surface area is 151 Å². The zero-order valence-electron chi connectivity index (χ0n) is 14.7. The number of nitrogens with zero attached hydrogens (tertiary/aromatic N) is 1. The van der Waals surface area contributed by atoms with Gasteiger partial charge in [0.25, 0.3) is 0 Å². The van der Waals surface area contributed by atoms with E-state index in [-0.39, 0.29) is 0 Å².